The van der Waals surface area contributed by atoms with Crippen molar-refractivity contribution in [2.45, 2.75) is 83.5 Å². The summed E-state index contributed by atoms with van der Waals surface area (Å²) < 4.78 is 62.0. The lowest BCUT2D eigenvalue weighted by atomic mass is 9.89. The van der Waals surface area contributed by atoms with Gasteiger partial charge < -0.3 is 15.3 Å². The number of carboxylic acids is 1. The second-order valence-electron chi connectivity index (χ2n) is 12.6. The summed E-state index contributed by atoms with van der Waals surface area (Å²) in [5, 5.41) is 11.5. The Balaban J connectivity index is 0.000000804. The van der Waals surface area contributed by atoms with Crippen molar-refractivity contribution < 1.29 is 31.5 Å². The van der Waals surface area contributed by atoms with Gasteiger partial charge in [-0.2, -0.15) is 18.2 Å². The summed E-state index contributed by atoms with van der Waals surface area (Å²) in [7, 11) is 0.223. The first-order valence-corrected chi connectivity index (χ1v) is 17.0. The molecule has 0 spiro atoms. The van der Waals surface area contributed by atoms with Crippen molar-refractivity contribution >= 4 is 38.7 Å². The molecule has 0 saturated heterocycles. The Bertz CT molecular complexity index is 1800. The van der Waals surface area contributed by atoms with Gasteiger partial charge in [0.05, 0.1) is 10.4 Å². The Morgan fingerprint density at radius 3 is 1.79 bits per heavy atom. The van der Waals surface area contributed by atoms with Gasteiger partial charge in [0.25, 0.3) is 0 Å². The Morgan fingerprint density at radius 2 is 1.33 bits per heavy atom. The number of alkyl halides is 3. The number of hydrogen-bond donors (Lipinski definition) is 3. The van der Waals surface area contributed by atoms with Crippen molar-refractivity contribution in [3.8, 4) is 0 Å². The summed E-state index contributed by atoms with van der Waals surface area (Å²) >= 11 is 0. The summed E-state index contributed by atoms with van der Waals surface area (Å²) in [6.45, 7) is 13.3. The summed E-state index contributed by atoms with van der Waals surface area (Å²) in [5.41, 5.74) is 5.76. The normalized spacial score (nSPS) is 12.0. The number of para-hydroxylation sites is 1. The van der Waals surface area contributed by atoms with Crippen LogP contribution in [-0.2, 0) is 27.9 Å². The van der Waals surface area contributed by atoms with Crippen LogP contribution in [0.5, 0.6) is 0 Å². The quantitative estimate of drug-likeness (QED) is 0.146. The standard InChI is InChI=1S/C33H43N5O2S.C2HF3O2/c1-21(2)26-17-28(22(3)4)31(29(18-26)23(5)6)41(39,40)35-20-25-15-13-24(14-16-25)19-34-33-36-30-12-10-9-11-27(30)32(37-33)38(7)8;3-2(4,5)1(6)7/h9-18,21-23,35H,19-20H2,1-8H3,(H,34,36,37);(H,6,7). The number of aliphatic carboxylic acids is 1. The fourth-order valence-corrected chi connectivity index (χ4v) is 6.60. The van der Waals surface area contributed by atoms with E-state index in [9.17, 15) is 21.6 Å². The zero-order valence-corrected chi connectivity index (χ0v) is 29.3. The average Bonchev–Trinajstić information content (AvgIpc) is 3.01. The van der Waals surface area contributed by atoms with Crippen molar-refractivity contribution in [3.63, 3.8) is 0 Å². The van der Waals surface area contributed by atoms with Gasteiger partial charge in [-0.1, -0.05) is 90.1 Å². The molecule has 0 radical (unpaired) electrons. The highest BCUT2D eigenvalue weighted by molar-refractivity contribution is 7.89. The zero-order valence-electron chi connectivity index (χ0n) is 28.5. The molecule has 3 N–H and O–H groups in total. The van der Waals surface area contributed by atoms with Gasteiger partial charge in [-0.05, 0) is 57.7 Å². The molecule has 0 atom stereocenters. The number of hydrogen-bond acceptors (Lipinski definition) is 7. The average molecular weight is 688 g/mol. The molecular formula is C35H44F3N5O4S. The topological polar surface area (TPSA) is 125 Å². The van der Waals surface area contributed by atoms with Crippen molar-refractivity contribution in [1.29, 1.82) is 0 Å². The van der Waals surface area contributed by atoms with Gasteiger partial charge in [0.2, 0.25) is 16.0 Å². The first-order chi connectivity index (χ1) is 22.3. The number of fused-ring (bicyclic) bond motifs is 1. The van der Waals surface area contributed by atoms with E-state index < -0.39 is 22.2 Å². The highest BCUT2D eigenvalue weighted by atomic mass is 32.2. The van der Waals surface area contributed by atoms with Gasteiger partial charge >= 0.3 is 12.1 Å². The highest BCUT2D eigenvalue weighted by Gasteiger charge is 2.38. The summed E-state index contributed by atoms with van der Waals surface area (Å²) in [4.78, 5) is 20.7. The molecule has 1 heterocycles. The molecule has 0 amide bonds. The third-order valence-electron chi connectivity index (χ3n) is 7.54. The largest absolute Gasteiger partial charge is 0.490 e. The van der Waals surface area contributed by atoms with Crippen molar-refractivity contribution in [2.24, 2.45) is 0 Å². The Labute approximate surface area is 280 Å². The van der Waals surface area contributed by atoms with E-state index in [0.29, 0.717) is 23.3 Å². The lowest BCUT2D eigenvalue weighted by Crippen LogP contribution is -2.26. The predicted molar refractivity (Wildman–Crippen MR) is 184 cm³/mol. The van der Waals surface area contributed by atoms with Crippen LogP contribution in [0.2, 0.25) is 0 Å². The number of carbonyl (C=O) groups is 1. The first kappa shape index (κ1) is 38.2. The van der Waals surface area contributed by atoms with E-state index in [0.717, 1.165) is 39.0 Å². The van der Waals surface area contributed by atoms with Crippen LogP contribution >= 0.6 is 0 Å². The zero-order chi connectivity index (χ0) is 36.0. The van der Waals surface area contributed by atoms with Crippen molar-refractivity contribution in [1.82, 2.24) is 14.7 Å². The minimum absolute atomic E-state index is 0.0879. The number of rotatable bonds is 11. The minimum atomic E-state index is -5.08. The van der Waals surface area contributed by atoms with Crippen LogP contribution in [0, 0.1) is 0 Å². The highest BCUT2D eigenvalue weighted by Crippen LogP contribution is 2.35. The lowest BCUT2D eigenvalue weighted by molar-refractivity contribution is -0.192. The minimum Gasteiger partial charge on any atom is -0.475 e. The van der Waals surface area contributed by atoms with Crippen molar-refractivity contribution in [3.05, 3.63) is 88.5 Å². The molecule has 1 aromatic heterocycles. The van der Waals surface area contributed by atoms with Gasteiger partial charge in [0, 0.05) is 32.6 Å². The summed E-state index contributed by atoms with van der Waals surface area (Å²) in [6, 6.07) is 20.0. The van der Waals surface area contributed by atoms with Gasteiger partial charge in [0.15, 0.2) is 0 Å². The van der Waals surface area contributed by atoms with E-state index in [1.165, 1.54) is 5.56 Å². The maximum atomic E-state index is 13.7. The van der Waals surface area contributed by atoms with E-state index >= 15 is 0 Å². The molecule has 13 heteroatoms. The van der Waals surface area contributed by atoms with Crippen LogP contribution in [0.25, 0.3) is 10.9 Å². The predicted octanol–water partition coefficient (Wildman–Crippen LogP) is 7.79. The molecule has 260 valence electrons. The van der Waals surface area contributed by atoms with Gasteiger partial charge in [-0.25, -0.2) is 22.9 Å². The Morgan fingerprint density at radius 1 is 0.833 bits per heavy atom. The van der Waals surface area contributed by atoms with E-state index in [1.54, 1.807) is 0 Å². The molecule has 48 heavy (non-hydrogen) atoms. The fraction of sp³-hybridized carbons (Fsp3) is 0.400. The molecule has 0 aliphatic heterocycles. The maximum absolute atomic E-state index is 13.7. The van der Waals surface area contributed by atoms with E-state index in [4.69, 9.17) is 14.9 Å². The monoisotopic (exact) mass is 687 g/mol. The molecule has 4 rings (SSSR count). The number of sulfonamides is 1. The van der Waals surface area contributed by atoms with Crippen LogP contribution in [0.15, 0.2) is 65.6 Å². The Kier molecular flexibility index (Phi) is 12.6. The van der Waals surface area contributed by atoms with E-state index in [-0.39, 0.29) is 18.4 Å². The second kappa shape index (κ2) is 15.8. The van der Waals surface area contributed by atoms with Crippen LogP contribution in [-0.4, -0.2) is 49.7 Å². The lowest BCUT2D eigenvalue weighted by Gasteiger charge is -2.23. The molecular weight excluding hydrogens is 643 g/mol. The number of carboxylic acid groups (broad SMARTS) is 1. The van der Waals surface area contributed by atoms with Gasteiger partial charge in [-0.15, -0.1) is 0 Å². The molecule has 0 aliphatic carbocycles. The van der Waals surface area contributed by atoms with Gasteiger partial charge in [0.1, 0.15) is 5.82 Å². The molecule has 0 fully saturated rings. The smallest absolute Gasteiger partial charge is 0.475 e. The first-order valence-electron chi connectivity index (χ1n) is 15.5. The van der Waals surface area contributed by atoms with Crippen LogP contribution in [0.1, 0.15) is 87.1 Å². The number of nitrogens with zero attached hydrogens (tertiary/aromatic N) is 3. The molecule has 3 aromatic carbocycles. The molecule has 0 aliphatic rings. The third kappa shape index (κ3) is 9.89. The van der Waals surface area contributed by atoms with Crippen LogP contribution < -0.4 is 14.9 Å². The van der Waals surface area contributed by atoms with E-state index in [1.807, 2.05) is 67.5 Å². The fourth-order valence-electron chi connectivity index (χ4n) is 4.89. The third-order valence-corrected chi connectivity index (χ3v) is 9.07. The number of anilines is 2. The molecule has 0 saturated carbocycles. The summed E-state index contributed by atoms with van der Waals surface area (Å²) in [6.07, 6.45) is -5.08. The second-order valence-corrected chi connectivity index (χ2v) is 14.3. The Hall–Kier alpha value is -4.23. The SMILES string of the molecule is CC(C)c1cc(C(C)C)c(S(=O)(=O)NCc2ccc(CNc3nc(N(C)C)c4ccccc4n3)cc2)c(C(C)C)c1.O=C(O)C(F)(F)F. The van der Waals surface area contributed by atoms with Crippen LogP contribution in [0.3, 0.4) is 0 Å². The number of aromatic nitrogens is 2. The molecule has 9 nitrogen and oxygen atoms in total. The van der Waals surface area contributed by atoms with Crippen LogP contribution in [0.4, 0.5) is 24.9 Å². The van der Waals surface area contributed by atoms with Gasteiger partial charge in [-0.3, -0.25) is 0 Å². The maximum Gasteiger partial charge on any atom is 0.490 e. The molecule has 0 bridgehead atoms. The summed E-state index contributed by atoms with van der Waals surface area (Å²) in [5.74, 6) is -0.830. The number of halogens is 3. The molecule has 0 unspecified atom stereocenters. The van der Waals surface area contributed by atoms with E-state index in [2.05, 4.69) is 68.7 Å². The number of benzene rings is 3. The number of nitrogens with one attached hydrogen (secondary N) is 2. The van der Waals surface area contributed by atoms with Crippen molar-refractivity contribution in [2.75, 3.05) is 24.3 Å². The molecule has 4 aromatic rings.